The van der Waals surface area contributed by atoms with Gasteiger partial charge in [-0.2, -0.15) is 0 Å². The summed E-state index contributed by atoms with van der Waals surface area (Å²) in [4.78, 5) is 17.5. The largest absolute Gasteiger partial charge is 0.356 e. The fourth-order valence-corrected chi connectivity index (χ4v) is 3.13. The van der Waals surface area contributed by atoms with Gasteiger partial charge in [-0.15, -0.1) is 24.0 Å². The quantitative estimate of drug-likeness (QED) is 0.409. The van der Waals surface area contributed by atoms with E-state index < -0.39 is 0 Å². The first-order valence-corrected chi connectivity index (χ1v) is 8.86. The Hall–Kier alpha value is -1.61. The zero-order valence-electron chi connectivity index (χ0n) is 14.8. The number of anilines is 1. The summed E-state index contributed by atoms with van der Waals surface area (Å²) in [7, 11) is 1.83. The lowest BCUT2D eigenvalue weighted by Crippen LogP contribution is -2.53. The second kappa shape index (κ2) is 10.5. The summed E-state index contributed by atoms with van der Waals surface area (Å²) >= 11 is 6.03. The fourth-order valence-electron chi connectivity index (χ4n) is 2.92. The summed E-state index contributed by atoms with van der Waals surface area (Å²) in [5.74, 6) is 1.74. The van der Waals surface area contributed by atoms with Crippen LogP contribution in [0.4, 0.5) is 5.95 Å². The highest BCUT2D eigenvalue weighted by molar-refractivity contribution is 14.0. The maximum absolute atomic E-state index is 6.03. The van der Waals surface area contributed by atoms with Crippen LogP contribution < -0.4 is 10.2 Å². The molecule has 8 heteroatoms. The summed E-state index contributed by atoms with van der Waals surface area (Å²) in [6.07, 6.45) is 4.48. The van der Waals surface area contributed by atoms with E-state index in [0.29, 0.717) is 0 Å². The molecule has 1 aromatic heterocycles. The van der Waals surface area contributed by atoms with Gasteiger partial charge >= 0.3 is 0 Å². The zero-order valence-corrected chi connectivity index (χ0v) is 17.9. The van der Waals surface area contributed by atoms with Crippen LogP contribution >= 0.6 is 35.6 Å². The van der Waals surface area contributed by atoms with Gasteiger partial charge in [0, 0.05) is 57.2 Å². The molecule has 2 heterocycles. The van der Waals surface area contributed by atoms with Crippen LogP contribution in [0.15, 0.2) is 47.7 Å². The van der Waals surface area contributed by atoms with E-state index in [0.717, 1.165) is 56.1 Å². The predicted molar refractivity (Wildman–Crippen MR) is 118 cm³/mol. The smallest absolute Gasteiger partial charge is 0.225 e. The first-order valence-electron chi connectivity index (χ1n) is 8.48. The molecule has 1 aromatic carbocycles. The number of hydrogen-bond donors (Lipinski definition) is 1. The molecular formula is C18H24ClIN6. The van der Waals surface area contributed by atoms with Crippen molar-refractivity contribution in [3.05, 3.63) is 53.3 Å². The van der Waals surface area contributed by atoms with Crippen molar-refractivity contribution in [2.24, 2.45) is 4.99 Å². The lowest BCUT2D eigenvalue weighted by atomic mass is 10.1. The monoisotopic (exact) mass is 486 g/mol. The Morgan fingerprint density at radius 3 is 2.54 bits per heavy atom. The molecule has 26 heavy (non-hydrogen) atoms. The normalized spacial score (nSPS) is 14.8. The van der Waals surface area contributed by atoms with Crippen LogP contribution in [-0.4, -0.2) is 60.6 Å². The van der Waals surface area contributed by atoms with E-state index in [1.165, 1.54) is 5.56 Å². The fraction of sp³-hybridized carbons (Fsp3) is 0.389. The van der Waals surface area contributed by atoms with Gasteiger partial charge in [-0.05, 0) is 30.2 Å². The zero-order chi connectivity index (χ0) is 17.5. The highest BCUT2D eigenvalue weighted by Gasteiger charge is 2.20. The minimum Gasteiger partial charge on any atom is -0.356 e. The van der Waals surface area contributed by atoms with Gasteiger partial charge in [0.25, 0.3) is 0 Å². The summed E-state index contributed by atoms with van der Waals surface area (Å²) in [5, 5.41) is 4.22. The predicted octanol–water partition coefficient (Wildman–Crippen LogP) is 2.69. The number of halogens is 2. The molecule has 0 amide bonds. The minimum absolute atomic E-state index is 0. The Labute approximate surface area is 176 Å². The van der Waals surface area contributed by atoms with Gasteiger partial charge in [0.2, 0.25) is 5.95 Å². The van der Waals surface area contributed by atoms with Gasteiger partial charge in [0.05, 0.1) is 0 Å². The van der Waals surface area contributed by atoms with E-state index in [2.05, 4.69) is 36.1 Å². The molecule has 0 atom stereocenters. The van der Waals surface area contributed by atoms with Crippen LogP contribution in [0.3, 0.4) is 0 Å². The second-order valence-electron chi connectivity index (χ2n) is 5.88. The third kappa shape index (κ3) is 5.70. The van der Waals surface area contributed by atoms with Crippen molar-refractivity contribution >= 4 is 47.5 Å². The molecule has 0 radical (unpaired) electrons. The van der Waals surface area contributed by atoms with E-state index >= 15 is 0 Å². The Bertz CT molecular complexity index is 704. The van der Waals surface area contributed by atoms with Gasteiger partial charge in [-0.25, -0.2) is 9.97 Å². The summed E-state index contributed by atoms with van der Waals surface area (Å²) in [6, 6.07) is 9.82. The lowest BCUT2D eigenvalue weighted by molar-refractivity contribution is 0.370. The molecule has 3 rings (SSSR count). The molecule has 0 bridgehead atoms. The van der Waals surface area contributed by atoms with E-state index in [1.807, 2.05) is 31.3 Å². The standard InChI is InChI=1S/C18H23ClN6.HI/c1-20-17(23-9-6-15-4-2-5-16(19)14-15)24-10-12-25(13-11-24)18-21-7-3-8-22-18;/h2-5,7-8,14H,6,9-13H2,1H3,(H,20,23);1H. The van der Waals surface area contributed by atoms with Crippen molar-refractivity contribution in [1.29, 1.82) is 0 Å². The van der Waals surface area contributed by atoms with E-state index in [9.17, 15) is 0 Å². The average Bonchev–Trinajstić information content (AvgIpc) is 2.66. The maximum atomic E-state index is 6.03. The van der Waals surface area contributed by atoms with Gasteiger partial charge in [-0.1, -0.05) is 23.7 Å². The molecule has 0 saturated carbocycles. The Kier molecular flexibility index (Phi) is 8.37. The van der Waals surface area contributed by atoms with Crippen molar-refractivity contribution in [3.8, 4) is 0 Å². The first-order chi connectivity index (χ1) is 12.3. The van der Waals surface area contributed by atoms with Crippen LogP contribution in [0.2, 0.25) is 5.02 Å². The number of nitrogens with one attached hydrogen (secondary N) is 1. The minimum atomic E-state index is 0. The van der Waals surface area contributed by atoms with Crippen LogP contribution in [0.25, 0.3) is 0 Å². The highest BCUT2D eigenvalue weighted by Crippen LogP contribution is 2.11. The van der Waals surface area contributed by atoms with Gasteiger partial charge in [0.1, 0.15) is 0 Å². The number of guanidine groups is 1. The summed E-state index contributed by atoms with van der Waals surface area (Å²) in [5.41, 5.74) is 1.22. The molecule has 1 saturated heterocycles. The molecular weight excluding hydrogens is 463 g/mol. The Balaban J connectivity index is 0.00000243. The molecule has 0 unspecified atom stereocenters. The number of rotatable bonds is 4. The van der Waals surface area contributed by atoms with E-state index in [-0.39, 0.29) is 24.0 Å². The van der Waals surface area contributed by atoms with Gasteiger partial charge < -0.3 is 15.1 Å². The lowest BCUT2D eigenvalue weighted by Gasteiger charge is -2.36. The van der Waals surface area contributed by atoms with Crippen LogP contribution in [0.1, 0.15) is 5.56 Å². The van der Waals surface area contributed by atoms with E-state index in [1.54, 1.807) is 12.4 Å². The number of aliphatic imine (C=N–C) groups is 1. The molecule has 2 aromatic rings. The average molecular weight is 487 g/mol. The Morgan fingerprint density at radius 2 is 1.88 bits per heavy atom. The van der Waals surface area contributed by atoms with Crippen molar-refractivity contribution in [1.82, 2.24) is 20.2 Å². The molecule has 1 aliphatic heterocycles. The molecule has 1 N–H and O–H groups in total. The summed E-state index contributed by atoms with van der Waals surface area (Å²) in [6.45, 7) is 4.40. The summed E-state index contributed by atoms with van der Waals surface area (Å²) < 4.78 is 0. The van der Waals surface area contributed by atoms with Crippen LogP contribution in [0, 0.1) is 0 Å². The first kappa shape index (κ1) is 20.7. The van der Waals surface area contributed by atoms with Crippen molar-refractivity contribution in [3.63, 3.8) is 0 Å². The molecule has 1 aliphatic rings. The van der Waals surface area contributed by atoms with Crippen molar-refractivity contribution in [2.45, 2.75) is 6.42 Å². The number of hydrogen-bond acceptors (Lipinski definition) is 4. The molecule has 140 valence electrons. The molecule has 0 spiro atoms. The number of benzene rings is 1. The molecule has 1 fully saturated rings. The van der Waals surface area contributed by atoms with Gasteiger partial charge in [0.15, 0.2) is 5.96 Å². The van der Waals surface area contributed by atoms with Crippen molar-refractivity contribution in [2.75, 3.05) is 44.7 Å². The molecule has 6 nitrogen and oxygen atoms in total. The Morgan fingerprint density at radius 1 is 1.15 bits per heavy atom. The third-order valence-corrected chi connectivity index (χ3v) is 4.45. The number of piperazine rings is 1. The van der Waals surface area contributed by atoms with Crippen LogP contribution in [0.5, 0.6) is 0 Å². The molecule has 0 aliphatic carbocycles. The number of aromatic nitrogens is 2. The highest BCUT2D eigenvalue weighted by atomic mass is 127. The van der Waals surface area contributed by atoms with E-state index in [4.69, 9.17) is 11.6 Å². The topological polar surface area (TPSA) is 56.7 Å². The third-order valence-electron chi connectivity index (χ3n) is 4.21. The van der Waals surface area contributed by atoms with Crippen molar-refractivity contribution < 1.29 is 0 Å². The number of nitrogens with zero attached hydrogens (tertiary/aromatic N) is 5. The maximum Gasteiger partial charge on any atom is 0.225 e. The van der Waals surface area contributed by atoms with Crippen LogP contribution in [-0.2, 0) is 6.42 Å². The SMILES string of the molecule is CN=C(NCCc1cccc(Cl)c1)N1CCN(c2ncccn2)CC1.I. The van der Waals surface area contributed by atoms with Gasteiger partial charge in [-0.3, -0.25) is 4.99 Å². The second-order valence-corrected chi connectivity index (χ2v) is 6.31.